The number of carbonyl (C=O) groups is 1. The molecule has 0 saturated carbocycles. The number of hydrogen-bond donors (Lipinski definition) is 3. The molecule has 1 atom stereocenters. The molecule has 17 heavy (non-hydrogen) atoms. The number of nitrogens with one attached hydrogen (secondary N) is 2. The lowest BCUT2D eigenvalue weighted by Gasteiger charge is -2.24. The molecular formula is C10H21N3O3S. The summed E-state index contributed by atoms with van der Waals surface area (Å²) in [6.45, 7) is 4.30. The first-order valence-electron chi connectivity index (χ1n) is 5.77. The van der Waals surface area contributed by atoms with Crippen LogP contribution in [0.25, 0.3) is 0 Å². The highest BCUT2D eigenvalue weighted by Gasteiger charge is 2.27. The monoisotopic (exact) mass is 263 g/mol. The molecule has 1 heterocycles. The number of nitrogens with two attached hydrogens (primary N) is 1. The van der Waals surface area contributed by atoms with Crippen molar-refractivity contribution in [1.82, 2.24) is 10.6 Å². The molecule has 1 rings (SSSR count). The molecule has 0 bridgehead atoms. The van der Waals surface area contributed by atoms with Crippen LogP contribution in [-0.4, -0.2) is 51.0 Å². The zero-order valence-corrected chi connectivity index (χ0v) is 11.0. The third kappa shape index (κ3) is 5.47. The molecule has 100 valence electrons. The molecule has 1 unspecified atom stereocenters. The highest BCUT2D eigenvalue weighted by atomic mass is 32.2. The minimum atomic E-state index is -3.18. The van der Waals surface area contributed by atoms with E-state index < -0.39 is 15.7 Å². The van der Waals surface area contributed by atoms with E-state index in [1.807, 2.05) is 0 Å². The standard InChI is InChI=1S/C10H21N3O3S/c1-10(3-4-12-8-10)13-5-7-17(15,16)6-2-9(11)14/h12-13H,2-8H2,1H3,(H2,11,14). The lowest BCUT2D eigenvalue weighted by atomic mass is 10.0. The molecule has 1 fully saturated rings. The van der Waals surface area contributed by atoms with Gasteiger partial charge in [-0.1, -0.05) is 0 Å². The van der Waals surface area contributed by atoms with Gasteiger partial charge in [0.15, 0.2) is 9.84 Å². The Morgan fingerprint density at radius 1 is 1.47 bits per heavy atom. The minimum Gasteiger partial charge on any atom is -0.370 e. The van der Waals surface area contributed by atoms with Crippen molar-refractivity contribution in [3.63, 3.8) is 0 Å². The van der Waals surface area contributed by atoms with Crippen LogP contribution in [-0.2, 0) is 14.6 Å². The van der Waals surface area contributed by atoms with Crippen molar-refractivity contribution >= 4 is 15.7 Å². The molecule has 6 nitrogen and oxygen atoms in total. The summed E-state index contributed by atoms with van der Waals surface area (Å²) < 4.78 is 23.1. The minimum absolute atomic E-state index is 0.0147. The topological polar surface area (TPSA) is 101 Å². The predicted octanol–water partition coefficient (Wildman–Crippen LogP) is -1.38. The summed E-state index contributed by atoms with van der Waals surface area (Å²) in [7, 11) is -3.18. The number of hydrogen-bond acceptors (Lipinski definition) is 5. The van der Waals surface area contributed by atoms with Gasteiger partial charge in [0.25, 0.3) is 0 Å². The second kappa shape index (κ2) is 5.79. The van der Waals surface area contributed by atoms with Crippen LogP contribution in [0.2, 0.25) is 0 Å². The third-order valence-corrected chi connectivity index (χ3v) is 4.65. The number of carbonyl (C=O) groups excluding carboxylic acids is 1. The van der Waals surface area contributed by atoms with E-state index in [1.165, 1.54) is 0 Å². The molecular weight excluding hydrogens is 242 g/mol. The first kappa shape index (κ1) is 14.4. The van der Waals surface area contributed by atoms with Gasteiger partial charge in [-0.2, -0.15) is 0 Å². The van der Waals surface area contributed by atoms with Gasteiger partial charge in [-0.3, -0.25) is 4.79 Å². The first-order valence-corrected chi connectivity index (χ1v) is 7.60. The Balaban J connectivity index is 2.27. The summed E-state index contributed by atoms with van der Waals surface area (Å²) in [6, 6.07) is 0. The Labute approximate surface area is 102 Å². The molecule has 0 aromatic carbocycles. The van der Waals surface area contributed by atoms with Crippen LogP contribution in [0.3, 0.4) is 0 Å². The van der Waals surface area contributed by atoms with E-state index in [9.17, 15) is 13.2 Å². The van der Waals surface area contributed by atoms with Gasteiger partial charge in [0.1, 0.15) is 0 Å². The average molecular weight is 263 g/mol. The SMILES string of the molecule is CC1(NCCS(=O)(=O)CCC(N)=O)CCNC1. The summed E-state index contributed by atoms with van der Waals surface area (Å²) in [5, 5.41) is 6.47. The van der Waals surface area contributed by atoms with E-state index in [0.717, 1.165) is 19.5 Å². The largest absolute Gasteiger partial charge is 0.370 e. The maximum atomic E-state index is 11.5. The second-order valence-corrected chi connectivity index (χ2v) is 7.09. The molecule has 0 aromatic heterocycles. The van der Waals surface area contributed by atoms with Crippen LogP contribution >= 0.6 is 0 Å². The maximum Gasteiger partial charge on any atom is 0.218 e. The number of sulfone groups is 1. The normalized spacial score (nSPS) is 25.0. The zero-order valence-electron chi connectivity index (χ0n) is 10.2. The number of primary amides is 1. The highest BCUT2D eigenvalue weighted by Crippen LogP contribution is 2.12. The van der Waals surface area contributed by atoms with Gasteiger partial charge >= 0.3 is 0 Å². The fraction of sp³-hybridized carbons (Fsp3) is 0.900. The van der Waals surface area contributed by atoms with Crippen molar-refractivity contribution in [2.75, 3.05) is 31.1 Å². The van der Waals surface area contributed by atoms with Crippen molar-refractivity contribution < 1.29 is 13.2 Å². The Morgan fingerprint density at radius 3 is 2.71 bits per heavy atom. The van der Waals surface area contributed by atoms with Crippen LogP contribution in [0.4, 0.5) is 0 Å². The van der Waals surface area contributed by atoms with E-state index in [4.69, 9.17) is 5.73 Å². The molecule has 0 radical (unpaired) electrons. The zero-order chi connectivity index (χ0) is 12.9. The fourth-order valence-electron chi connectivity index (χ4n) is 1.83. The van der Waals surface area contributed by atoms with Crippen molar-refractivity contribution in [3.05, 3.63) is 0 Å². The van der Waals surface area contributed by atoms with E-state index in [1.54, 1.807) is 0 Å². The lowest BCUT2D eigenvalue weighted by Crippen LogP contribution is -2.46. The summed E-state index contributed by atoms with van der Waals surface area (Å²) >= 11 is 0. The van der Waals surface area contributed by atoms with Gasteiger partial charge < -0.3 is 16.4 Å². The van der Waals surface area contributed by atoms with Gasteiger partial charge in [0.05, 0.1) is 11.5 Å². The Kier molecular flexibility index (Phi) is 4.91. The molecule has 7 heteroatoms. The van der Waals surface area contributed by atoms with Gasteiger partial charge in [-0.05, 0) is 19.9 Å². The summed E-state index contributed by atoms with van der Waals surface area (Å²) in [6.07, 6.45) is 0.898. The van der Waals surface area contributed by atoms with Crippen molar-refractivity contribution in [1.29, 1.82) is 0 Å². The second-order valence-electron chi connectivity index (χ2n) is 4.78. The van der Waals surface area contributed by atoms with Gasteiger partial charge in [-0.15, -0.1) is 0 Å². The first-order chi connectivity index (χ1) is 7.83. The van der Waals surface area contributed by atoms with E-state index >= 15 is 0 Å². The molecule has 1 saturated heterocycles. The van der Waals surface area contributed by atoms with E-state index in [2.05, 4.69) is 17.6 Å². The van der Waals surface area contributed by atoms with Gasteiger partial charge in [0.2, 0.25) is 5.91 Å². The van der Waals surface area contributed by atoms with Crippen LogP contribution in [0, 0.1) is 0 Å². The van der Waals surface area contributed by atoms with Crippen molar-refractivity contribution in [2.45, 2.75) is 25.3 Å². The van der Waals surface area contributed by atoms with Crippen LogP contribution < -0.4 is 16.4 Å². The van der Waals surface area contributed by atoms with Crippen LogP contribution in [0.5, 0.6) is 0 Å². The average Bonchev–Trinajstić information content (AvgIpc) is 2.62. The smallest absolute Gasteiger partial charge is 0.218 e. The van der Waals surface area contributed by atoms with Crippen LogP contribution in [0.15, 0.2) is 0 Å². The Hall–Kier alpha value is -0.660. The highest BCUT2D eigenvalue weighted by molar-refractivity contribution is 7.91. The molecule has 4 N–H and O–H groups in total. The number of rotatable bonds is 7. The summed E-state index contributed by atoms with van der Waals surface area (Å²) in [4.78, 5) is 10.5. The Bertz CT molecular complexity index is 361. The molecule has 1 aliphatic rings. The molecule has 0 aliphatic carbocycles. The third-order valence-electron chi connectivity index (χ3n) is 2.99. The van der Waals surface area contributed by atoms with E-state index in [-0.39, 0.29) is 23.5 Å². The Morgan fingerprint density at radius 2 is 2.18 bits per heavy atom. The fourth-order valence-corrected chi connectivity index (χ4v) is 2.96. The van der Waals surface area contributed by atoms with Gasteiger partial charge in [0, 0.05) is 25.0 Å². The summed E-state index contributed by atoms with van der Waals surface area (Å²) in [5.41, 5.74) is 4.91. The molecule has 0 spiro atoms. The van der Waals surface area contributed by atoms with Crippen molar-refractivity contribution in [2.24, 2.45) is 5.73 Å². The van der Waals surface area contributed by atoms with Crippen LogP contribution in [0.1, 0.15) is 19.8 Å². The molecule has 1 amide bonds. The van der Waals surface area contributed by atoms with Gasteiger partial charge in [-0.25, -0.2) is 8.42 Å². The quantitative estimate of drug-likeness (QED) is 0.525. The molecule has 1 aliphatic heterocycles. The predicted molar refractivity (Wildman–Crippen MR) is 66.4 cm³/mol. The maximum absolute atomic E-state index is 11.5. The number of amides is 1. The van der Waals surface area contributed by atoms with E-state index in [0.29, 0.717) is 6.54 Å². The summed E-state index contributed by atoms with van der Waals surface area (Å²) in [5.74, 6) is -0.678. The van der Waals surface area contributed by atoms with Crippen molar-refractivity contribution in [3.8, 4) is 0 Å². The lowest BCUT2D eigenvalue weighted by molar-refractivity contribution is -0.117. The molecule has 0 aromatic rings.